The van der Waals surface area contributed by atoms with Crippen molar-refractivity contribution in [1.82, 2.24) is 0 Å². The van der Waals surface area contributed by atoms with E-state index in [1.807, 2.05) is 0 Å². The number of hydrogen-bond acceptors (Lipinski definition) is 8. The number of nitro benzene ring substituents is 1. The lowest BCUT2D eigenvalue weighted by atomic mass is 9.97. The summed E-state index contributed by atoms with van der Waals surface area (Å²) >= 11 is 6.01. The van der Waals surface area contributed by atoms with Crippen molar-refractivity contribution in [2.24, 2.45) is 11.0 Å². The molecule has 4 rings (SSSR count). The molecule has 158 valence electrons. The average molecular weight is 443 g/mol. The van der Waals surface area contributed by atoms with Crippen LogP contribution in [0.5, 0.6) is 0 Å². The van der Waals surface area contributed by atoms with Crippen LogP contribution in [0.2, 0.25) is 5.02 Å². The molecule has 0 saturated carbocycles. The van der Waals surface area contributed by atoms with Gasteiger partial charge in [-0.15, -0.1) is 0 Å². The third kappa shape index (κ3) is 3.40. The Balaban J connectivity index is 1.78. The minimum atomic E-state index is -1.18. The highest BCUT2D eigenvalue weighted by molar-refractivity contribution is 6.47. The molecule has 2 atom stereocenters. The van der Waals surface area contributed by atoms with E-state index in [2.05, 4.69) is 5.10 Å². The molecule has 0 aliphatic carbocycles. The second kappa shape index (κ2) is 7.80. The summed E-state index contributed by atoms with van der Waals surface area (Å²) in [6.07, 6.45) is 0. The molecule has 0 aromatic heterocycles. The van der Waals surface area contributed by atoms with E-state index in [9.17, 15) is 24.5 Å². The van der Waals surface area contributed by atoms with Crippen molar-refractivity contribution < 1.29 is 24.0 Å². The highest BCUT2D eigenvalue weighted by Gasteiger charge is 2.59. The van der Waals surface area contributed by atoms with Crippen LogP contribution in [0.15, 0.2) is 53.6 Å². The van der Waals surface area contributed by atoms with Crippen LogP contribution in [-0.4, -0.2) is 41.1 Å². The molecule has 10 nitrogen and oxygen atoms in total. The van der Waals surface area contributed by atoms with E-state index in [4.69, 9.17) is 16.3 Å². The van der Waals surface area contributed by atoms with E-state index in [0.29, 0.717) is 10.7 Å². The Morgan fingerprint density at radius 3 is 2.48 bits per heavy atom. The smallest absolute Gasteiger partial charge is 0.355 e. The normalized spacial score (nSPS) is 20.0. The minimum absolute atomic E-state index is 0.0624. The van der Waals surface area contributed by atoms with Gasteiger partial charge in [-0.2, -0.15) is 5.10 Å². The summed E-state index contributed by atoms with van der Waals surface area (Å²) in [5.41, 5.74) is 0.231. The number of hydrogen-bond donors (Lipinski definition) is 0. The number of non-ortho nitro benzene ring substituents is 1. The summed E-state index contributed by atoms with van der Waals surface area (Å²) in [6.45, 7) is 1.67. The predicted octanol–water partition coefficient (Wildman–Crippen LogP) is 2.55. The van der Waals surface area contributed by atoms with E-state index in [0.717, 1.165) is 4.90 Å². The summed E-state index contributed by atoms with van der Waals surface area (Å²) in [5.74, 6) is -3.22. The standard InChI is InChI=1S/C20H15ClN4O6/c1-2-31-20(28)16-15-17(24(22-16)12-6-8-13(9-7-12)25(29)30)19(27)23(18(15)26)14-5-3-4-11(21)10-14/h3-10,15,17H,2H2,1H3. The molecule has 2 aromatic carbocycles. The predicted molar refractivity (Wildman–Crippen MR) is 111 cm³/mol. The maximum Gasteiger partial charge on any atom is 0.355 e. The Morgan fingerprint density at radius 2 is 1.87 bits per heavy atom. The van der Waals surface area contributed by atoms with Crippen molar-refractivity contribution >= 4 is 52.2 Å². The van der Waals surface area contributed by atoms with Gasteiger partial charge in [0.1, 0.15) is 12.0 Å². The van der Waals surface area contributed by atoms with Crippen molar-refractivity contribution in [3.63, 3.8) is 0 Å². The first-order chi connectivity index (χ1) is 14.8. The summed E-state index contributed by atoms with van der Waals surface area (Å²) in [4.78, 5) is 50.3. The van der Waals surface area contributed by atoms with Crippen molar-refractivity contribution in [2.45, 2.75) is 13.0 Å². The number of amides is 2. The van der Waals surface area contributed by atoms with Gasteiger partial charge < -0.3 is 4.74 Å². The summed E-state index contributed by atoms with van der Waals surface area (Å²) < 4.78 is 5.02. The van der Waals surface area contributed by atoms with Gasteiger partial charge >= 0.3 is 5.97 Å². The number of nitrogens with zero attached hydrogens (tertiary/aromatic N) is 4. The molecule has 1 saturated heterocycles. The number of halogens is 1. The fraction of sp³-hybridized carbons (Fsp3) is 0.200. The molecular formula is C20H15ClN4O6. The second-order valence-corrected chi connectivity index (χ2v) is 7.17. The van der Waals surface area contributed by atoms with Gasteiger partial charge in [0.2, 0.25) is 5.91 Å². The summed E-state index contributed by atoms with van der Waals surface area (Å²) in [5, 5.41) is 16.7. The lowest BCUT2D eigenvalue weighted by molar-refractivity contribution is -0.384. The van der Waals surface area contributed by atoms with E-state index < -0.39 is 34.7 Å². The zero-order valence-corrected chi connectivity index (χ0v) is 16.9. The molecule has 2 aromatic rings. The minimum Gasteiger partial charge on any atom is -0.461 e. The van der Waals surface area contributed by atoms with Crippen LogP contribution in [0.1, 0.15) is 6.92 Å². The molecule has 11 heteroatoms. The number of carbonyl (C=O) groups excluding carboxylic acids is 3. The molecule has 2 aliphatic heterocycles. The summed E-state index contributed by atoms with van der Waals surface area (Å²) in [7, 11) is 0. The Hall–Kier alpha value is -3.79. The zero-order chi connectivity index (χ0) is 22.3. The highest BCUT2D eigenvalue weighted by Crippen LogP contribution is 2.38. The molecule has 31 heavy (non-hydrogen) atoms. The van der Waals surface area contributed by atoms with Crippen molar-refractivity contribution in [1.29, 1.82) is 0 Å². The Morgan fingerprint density at radius 1 is 1.16 bits per heavy atom. The fourth-order valence-electron chi connectivity index (χ4n) is 3.60. The monoisotopic (exact) mass is 442 g/mol. The third-order valence-corrected chi connectivity index (χ3v) is 5.16. The van der Waals surface area contributed by atoms with Crippen LogP contribution in [0, 0.1) is 16.0 Å². The maximum atomic E-state index is 13.3. The molecule has 2 amide bonds. The first kappa shape index (κ1) is 20.5. The Labute approximate surface area is 180 Å². The number of anilines is 2. The van der Waals surface area contributed by atoms with E-state index in [-0.39, 0.29) is 23.7 Å². The number of rotatable bonds is 5. The lowest BCUT2D eigenvalue weighted by Crippen LogP contribution is -2.39. The van der Waals surface area contributed by atoms with E-state index in [1.165, 1.54) is 35.3 Å². The van der Waals surface area contributed by atoms with E-state index >= 15 is 0 Å². The van der Waals surface area contributed by atoms with Gasteiger partial charge in [0, 0.05) is 17.2 Å². The second-order valence-electron chi connectivity index (χ2n) is 6.74. The molecule has 2 heterocycles. The lowest BCUT2D eigenvalue weighted by Gasteiger charge is -2.22. The van der Waals surface area contributed by atoms with Gasteiger partial charge in [-0.05, 0) is 37.3 Å². The van der Waals surface area contributed by atoms with Gasteiger partial charge in [0.05, 0.1) is 22.9 Å². The van der Waals surface area contributed by atoms with Gasteiger partial charge in [0.25, 0.3) is 11.6 Å². The van der Waals surface area contributed by atoms with Crippen LogP contribution in [0.4, 0.5) is 17.1 Å². The number of ether oxygens (including phenoxy) is 1. The topological polar surface area (TPSA) is 122 Å². The van der Waals surface area contributed by atoms with Gasteiger partial charge in [0.15, 0.2) is 5.71 Å². The number of carbonyl (C=O) groups is 3. The first-order valence-corrected chi connectivity index (χ1v) is 9.64. The molecule has 2 aliphatic rings. The quantitative estimate of drug-likeness (QED) is 0.302. The molecule has 2 unspecified atom stereocenters. The van der Waals surface area contributed by atoms with Crippen LogP contribution in [0.25, 0.3) is 0 Å². The number of fused-ring (bicyclic) bond motifs is 1. The Bertz CT molecular complexity index is 1130. The first-order valence-electron chi connectivity index (χ1n) is 9.26. The number of hydrazone groups is 1. The van der Waals surface area contributed by atoms with Gasteiger partial charge in [-0.25, -0.2) is 9.69 Å². The third-order valence-electron chi connectivity index (χ3n) is 4.93. The van der Waals surface area contributed by atoms with Crippen molar-refractivity contribution in [3.05, 3.63) is 63.7 Å². The highest BCUT2D eigenvalue weighted by atomic mass is 35.5. The molecule has 0 bridgehead atoms. The largest absolute Gasteiger partial charge is 0.461 e. The van der Waals surface area contributed by atoms with Crippen molar-refractivity contribution in [3.8, 4) is 0 Å². The van der Waals surface area contributed by atoms with Crippen LogP contribution < -0.4 is 9.91 Å². The molecule has 0 radical (unpaired) electrons. The number of nitro groups is 1. The maximum absolute atomic E-state index is 13.3. The van der Waals surface area contributed by atoms with Crippen molar-refractivity contribution in [2.75, 3.05) is 16.5 Å². The molecular weight excluding hydrogens is 428 g/mol. The van der Waals surface area contributed by atoms with Crippen LogP contribution in [0.3, 0.4) is 0 Å². The zero-order valence-electron chi connectivity index (χ0n) is 16.1. The van der Waals surface area contributed by atoms with Gasteiger partial charge in [-0.1, -0.05) is 17.7 Å². The average Bonchev–Trinajstić information content (AvgIpc) is 3.25. The molecule has 1 fully saturated rings. The van der Waals surface area contributed by atoms with Crippen LogP contribution >= 0.6 is 11.6 Å². The fourth-order valence-corrected chi connectivity index (χ4v) is 3.78. The summed E-state index contributed by atoms with van der Waals surface area (Å²) in [6, 6.07) is 10.4. The number of esters is 1. The Kier molecular flexibility index (Phi) is 5.15. The molecule has 0 N–H and O–H groups in total. The SMILES string of the molecule is CCOC(=O)C1=NN(c2ccc([N+](=O)[O-])cc2)C2C(=O)N(c3cccc(Cl)c3)C(=O)C12. The molecule has 0 spiro atoms. The van der Waals surface area contributed by atoms with Gasteiger partial charge in [-0.3, -0.25) is 24.7 Å². The van der Waals surface area contributed by atoms with E-state index in [1.54, 1.807) is 25.1 Å². The van der Waals surface area contributed by atoms with Crippen LogP contribution in [-0.2, 0) is 19.1 Å². The number of imide groups is 1. The number of benzene rings is 2.